The topological polar surface area (TPSA) is 79.5 Å². The van der Waals surface area contributed by atoms with E-state index in [-0.39, 0.29) is 30.1 Å². The second-order valence-corrected chi connectivity index (χ2v) is 7.13. The molecular formula is C20H16N2O4S. The molecule has 0 atom stereocenters. The number of rotatable bonds is 5. The molecule has 0 saturated carbocycles. The van der Waals surface area contributed by atoms with Crippen LogP contribution in [0.3, 0.4) is 0 Å². The van der Waals surface area contributed by atoms with Crippen molar-refractivity contribution in [3.8, 4) is 0 Å². The summed E-state index contributed by atoms with van der Waals surface area (Å²) in [5.41, 5.74) is 2.25. The number of ether oxygens (including phenoxy) is 1. The third-order valence-corrected chi connectivity index (χ3v) is 5.53. The van der Waals surface area contributed by atoms with E-state index in [1.165, 1.54) is 23.8 Å². The number of aromatic nitrogens is 1. The fraction of sp³-hybridized carbons (Fsp3) is 0.150. The summed E-state index contributed by atoms with van der Waals surface area (Å²) in [5, 5.41) is 0.811. The van der Waals surface area contributed by atoms with Crippen molar-refractivity contribution in [1.82, 2.24) is 9.88 Å². The van der Waals surface area contributed by atoms with Crippen LogP contribution in [0, 0.1) is 0 Å². The van der Waals surface area contributed by atoms with Crippen LogP contribution in [0.25, 0.3) is 10.9 Å². The highest BCUT2D eigenvalue weighted by Crippen LogP contribution is 2.37. The van der Waals surface area contributed by atoms with Gasteiger partial charge in [0.15, 0.2) is 0 Å². The molecule has 6 nitrogen and oxygen atoms in total. The van der Waals surface area contributed by atoms with Crippen LogP contribution < -0.4 is 0 Å². The number of benzene rings is 2. The number of thioether (sulfide) groups is 1. The SMILES string of the molecule is COC(=O)CSc1cc2c(c3[nH]ccc13)C(=O)N(Cc1ccccc1)C2=O. The molecule has 1 aliphatic heterocycles. The zero-order valence-corrected chi connectivity index (χ0v) is 15.3. The number of esters is 1. The summed E-state index contributed by atoms with van der Waals surface area (Å²) in [6.45, 7) is 0.222. The lowest BCUT2D eigenvalue weighted by Crippen LogP contribution is -2.29. The van der Waals surface area contributed by atoms with Gasteiger partial charge in [0, 0.05) is 16.5 Å². The molecule has 0 fully saturated rings. The van der Waals surface area contributed by atoms with Gasteiger partial charge in [-0.15, -0.1) is 11.8 Å². The highest BCUT2D eigenvalue weighted by atomic mass is 32.2. The predicted molar refractivity (Wildman–Crippen MR) is 102 cm³/mol. The molecule has 1 N–H and O–H groups in total. The lowest BCUT2D eigenvalue weighted by atomic mass is 10.1. The molecule has 27 heavy (non-hydrogen) atoms. The molecule has 0 bridgehead atoms. The predicted octanol–water partition coefficient (Wildman–Crippen LogP) is 3.23. The van der Waals surface area contributed by atoms with Gasteiger partial charge in [0.2, 0.25) is 0 Å². The van der Waals surface area contributed by atoms with Crippen molar-refractivity contribution in [2.75, 3.05) is 12.9 Å². The van der Waals surface area contributed by atoms with Crippen LogP contribution in [-0.4, -0.2) is 40.5 Å². The van der Waals surface area contributed by atoms with Gasteiger partial charge in [0.1, 0.15) is 0 Å². The first-order valence-electron chi connectivity index (χ1n) is 8.34. The van der Waals surface area contributed by atoms with Gasteiger partial charge in [-0.3, -0.25) is 19.3 Å². The molecule has 0 unspecified atom stereocenters. The Balaban J connectivity index is 1.73. The van der Waals surface area contributed by atoms with Crippen LogP contribution in [0.15, 0.2) is 53.6 Å². The maximum absolute atomic E-state index is 13.0. The third-order valence-electron chi connectivity index (χ3n) is 4.50. The number of H-pyrrole nitrogens is 1. The minimum Gasteiger partial charge on any atom is -0.468 e. The van der Waals surface area contributed by atoms with Gasteiger partial charge in [-0.1, -0.05) is 30.3 Å². The standard InChI is InChI=1S/C20H16N2O4S/c1-26-16(23)11-27-15-9-14-17(18-13(15)7-8-21-18)20(25)22(19(14)24)10-12-5-3-2-4-6-12/h2-9,21H,10-11H2,1H3. The van der Waals surface area contributed by atoms with Crippen molar-refractivity contribution >= 4 is 40.4 Å². The second kappa shape index (κ2) is 6.92. The third kappa shape index (κ3) is 3.00. The molecule has 136 valence electrons. The van der Waals surface area contributed by atoms with Crippen LogP contribution in [0.1, 0.15) is 26.3 Å². The molecule has 4 rings (SSSR count). The molecule has 0 radical (unpaired) electrons. The first-order valence-corrected chi connectivity index (χ1v) is 9.32. The first-order chi connectivity index (χ1) is 13.1. The number of nitrogens with one attached hydrogen (secondary N) is 1. The zero-order chi connectivity index (χ0) is 19.0. The maximum Gasteiger partial charge on any atom is 0.315 e. The summed E-state index contributed by atoms with van der Waals surface area (Å²) in [4.78, 5) is 42.4. The van der Waals surface area contributed by atoms with E-state index in [0.717, 1.165) is 15.8 Å². The number of carbonyl (C=O) groups excluding carboxylic acids is 3. The van der Waals surface area contributed by atoms with E-state index in [1.807, 2.05) is 36.4 Å². The van der Waals surface area contributed by atoms with Crippen LogP contribution in [0.4, 0.5) is 0 Å². The maximum atomic E-state index is 13.0. The van der Waals surface area contributed by atoms with Gasteiger partial charge in [-0.2, -0.15) is 0 Å². The van der Waals surface area contributed by atoms with E-state index in [2.05, 4.69) is 9.72 Å². The molecule has 3 aromatic rings. The number of fused-ring (bicyclic) bond motifs is 3. The molecular weight excluding hydrogens is 364 g/mol. The van der Waals surface area contributed by atoms with Gasteiger partial charge in [0.25, 0.3) is 11.8 Å². The van der Waals surface area contributed by atoms with Crippen molar-refractivity contribution in [3.63, 3.8) is 0 Å². The Morgan fingerprint density at radius 2 is 1.93 bits per heavy atom. The Labute approximate surface area is 159 Å². The van der Waals surface area contributed by atoms with E-state index in [9.17, 15) is 14.4 Å². The lowest BCUT2D eigenvalue weighted by molar-refractivity contribution is -0.137. The first kappa shape index (κ1) is 17.4. The van der Waals surface area contributed by atoms with Gasteiger partial charge < -0.3 is 9.72 Å². The van der Waals surface area contributed by atoms with Gasteiger partial charge in [-0.05, 0) is 17.7 Å². The molecule has 0 spiro atoms. The normalized spacial score (nSPS) is 13.3. The van der Waals surface area contributed by atoms with E-state index >= 15 is 0 Å². The van der Waals surface area contributed by atoms with Crippen molar-refractivity contribution in [3.05, 3.63) is 65.4 Å². The summed E-state index contributed by atoms with van der Waals surface area (Å²) in [5.74, 6) is -0.853. The molecule has 1 aromatic heterocycles. The van der Waals surface area contributed by atoms with Crippen LogP contribution in [-0.2, 0) is 16.1 Å². The number of hydrogen-bond donors (Lipinski definition) is 1. The average Bonchev–Trinajstić information content (AvgIpc) is 3.26. The molecule has 0 aliphatic carbocycles. The van der Waals surface area contributed by atoms with E-state index < -0.39 is 0 Å². The van der Waals surface area contributed by atoms with Crippen molar-refractivity contribution in [2.24, 2.45) is 0 Å². The van der Waals surface area contributed by atoms with Gasteiger partial charge >= 0.3 is 5.97 Å². The van der Waals surface area contributed by atoms with E-state index in [4.69, 9.17) is 0 Å². The van der Waals surface area contributed by atoms with Crippen LogP contribution in [0.5, 0.6) is 0 Å². The minimum atomic E-state index is -0.350. The zero-order valence-electron chi connectivity index (χ0n) is 14.5. The van der Waals surface area contributed by atoms with E-state index in [0.29, 0.717) is 16.6 Å². The monoisotopic (exact) mass is 380 g/mol. The molecule has 2 amide bonds. The highest BCUT2D eigenvalue weighted by Gasteiger charge is 2.38. The van der Waals surface area contributed by atoms with Crippen LogP contribution in [0.2, 0.25) is 0 Å². The number of hydrogen-bond acceptors (Lipinski definition) is 5. The average molecular weight is 380 g/mol. The number of amides is 2. The van der Waals surface area contributed by atoms with Crippen molar-refractivity contribution in [2.45, 2.75) is 11.4 Å². The summed E-state index contributed by atoms with van der Waals surface area (Å²) < 4.78 is 4.68. The summed E-state index contributed by atoms with van der Waals surface area (Å²) in [6, 6.07) is 12.9. The Bertz CT molecular complexity index is 1060. The van der Waals surface area contributed by atoms with Crippen molar-refractivity contribution in [1.29, 1.82) is 0 Å². The number of nitrogens with zero attached hydrogens (tertiary/aromatic N) is 1. The summed E-state index contributed by atoms with van der Waals surface area (Å²) in [6.07, 6.45) is 1.73. The smallest absolute Gasteiger partial charge is 0.315 e. The Morgan fingerprint density at radius 1 is 1.15 bits per heavy atom. The number of carbonyl (C=O) groups is 3. The Morgan fingerprint density at radius 3 is 2.67 bits per heavy atom. The van der Waals surface area contributed by atoms with Crippen molar-refractivity contribution < 1.29 is 19.1 Å². The minimum absolute atomic E-state index is 0.130. The lowest BCUT2D eigenvalue weighted by Gasteiger charge is -2.13. The molecule has 7 heteroatoms. The number of imide groups is 1. The van der Waals surface area contributed by atoms with E-state index in [1.54, 1.807) is 12.3 Å². The number of methoxy groups -OCH3 is 1. The quantitative estimate of drug-likeness (QED) is 0.418. The fourth-order valence-corrected chi connectivity index (χ4v) is 4.10. The Hall–Kier alpha value is -3.06. The summed E-state index contributed by atoms with van der Waals surface area (Å²) in [7, 11) is 1.33. The molecule has 1 aliphatic rings. The molecule has 0 saturated heterocycles. The second-order valence-electron chi connectivity index (χ2n) is 6.11. The van der Waals surface area contributed by atoms with Crippen LogP contribution >= 0.6 is 11.8 Å². The number of aromatic amines is 1. The summed E-state index contributed by atoms with van der Waals surface area (Å²) >= 11 is 1.29. The van der Waals surface area contributed by atoms with Gasteiger partial charge in [-0.25, -0.2) is 0 Å². The Kier molecular flexibility index (Phi) is 4.45. The largest absolute Gasteiger partial charge is 0.468 e. The molecule has 2 aromatic carbocycles. The highest BCUT2D eigenvalue weighted by molar-refractivity contribution is 8.00. The fourth-order valence-electron chi connectivity index (χ4n) is 3.19. The molecule has 2 heterocycles. The van der Waals surface area contributed by atoms with Gasteiger partial charge in [0.05, 0.1) is 36.1 Å².